The Kier molecular flexibility index (Phi) is 6.28. The molecule has 1 amide bonds. The molecule has 1 unspecified atom stereocenters. The third-order valence-corrected chi connectivity index (χ3v) is 6.22. The molecule has 1 atom stereocenters. The van der Waals surface area contributed by atoms with Gasteiger partial charge in [-0.3, -0.25) is 14.2 Å². The number of fused-ring (bicyclic) bond motifs is 1. The lowest BCUT2D eigenvalue weighted by Crippen LogP contribution is -2.33. The number of aromatic nitrogens is 2. The van der Waals surface area contributed by atoms with E-state index >= 15 is 0 Å². The van der Waals surface area contributed by atoms with Crippen molar-refractivity contribution in [3.8, 4) is 11.4 Å². The summed E-state index contributed by atoms with van der Waals surface area (Å²) in [7, 11) is 3.34. The van der Waals surface area contributed by atoms with Gasteiger partial charge in [-0.05, 0) is 55.5 Å². The molecule has 1 heterocycles. The first kappa shape index (κ1) is 21.6. The number of thioether (sulfide) groups is 1. The molecule has 0 bridgehead atoms. The van der Waals surface area contributed by atoms with Gasteiger partial charge in [0.25, 0.3) is 5.56 Å². The van der Waals surface area contributed by atoms with E-state index in [1.807, 2.05) is 67.6 Å². The zero-order valence-electron chi connectivity index (χ0n) is 18.1. The van der Waals surface area contributed by atoms with Crippen molar-refractivity contribution in [3.63, 3.8) is 0 Å². The van der Waals surface area contributed by atoms with Crippen LogP contribution in [-0.2, 0) is 4.79 Å². The predicted molar refractivity (Wildman–Crippen MR) is 129 cm³/mol. The molecule has 6 nitrogen and oxygen atoms in total. The second-order valence-corrected chi connectivity index (χ2v) is 8.55. The van der Waals surface area contributed by atoms with Gasteiger partial charge >= 0.3 is 0 Å². The molecule has 0 aliphatic rings. The molecular formula is C25H23N3O3S. The second-order valence-electron chi connectivity index (χ2n) is 7.24. The van der Waals surface area contributed by atoms with Crippen LogP contribution in [0, 0.1) is 0 Å². The highest BCUT2D eigenvalue weighted by Gasteiger charge is 2.23. The molecule has 4 rings (SSSR count). The first-order chi connectivity index (χ1) is 15.5. The molecule has 0 spiro atoms. The molecular weight excluding hydrogens is 422 g/mol. The number of nitrogens with zero attached hydrogens (tertiary/aromatic N) is 3. The quantitative estimate of drug-likeness (QED) is 0.322. The summed E-state index contributed by atoms with van der Waals surface area (Å²) in [4.78, 5) is 32.8. The van der Waals surface area contributed by atoms with Crippen molar-refractivity contribution >= 4 is 34.3 Å². The Balaban J connectivity index is 1.75. The van der Waals surface area contributed by atoms with Crippen LogP contribution >= 0.6 is 11.8 Å². The first-order valence-electron chi connectivity index (χ1n) is 10.1. The van der Waals surface area contributed by atoms with Crippen LogP contribution in [0.1, 0.15) is 6.92 Å². The number of methoxy groups -OCH3 is 1. The van der Waals surface area contributed by atoms with E-state index in [0.29, 0.717) is 27.5 Å². The van der Waals surface area contributed by atoms with Crippen LogP contribution in [0.2, 0.25) is 0 Å². The molecule has 0 radical (unpaired) electrons. The number of hydrogen-bond donors (Lipinski definition) is 0. The smallest absolute Gasteiger partial charge is 0.266 e. The largest absolute Gasteiger partial charge is 0.497 e. The maximum Gasteiger partial charge on any atom is 0.266 e. The minimum Gasteiger partial charge on any atom is -0.497 e. The van der Waals surface area contributed by atoms with E-state index in [2.05, 4.69) is 0 Å². The van der Waals surface area contributed by atoms with E-state index in [0.717, 1.165) is 5.69 Å². The van der Waals surface area contributed by atoms with E-state index in [4.69, 9.17) is 9.72 Å². The van der Waals surface area contributed by atoms with Gasteiger partial charge in [-0.25, -0.2) is 4.98 Å². The summed E-state index contributed by atoms with van der Waals surface area (Å²) in [6.45, 7) is 1.83. The number of amides is 1. The van der Waals surface area contributed by atoms with Crippen LogP contribution in [0.4, 0.5) is 5.69 Å². The average molecular weight is 446 g/mol. The molecule has 0 fully saturated rings. The molecule has 0 aliphatic carbocycles. The Hall–Kier alpha value is -3.58. The van der Waals surface area contributed by atoms with Crippen molar-refractivity contribution in [1.29, 1.82) is 0 Å². The monoisotopic (exact) mass is 445 g/mol. The maximum atomic E-state index is 13.4. The van der Waals surface area contributed by atoms with Crippen LogP contribution in [-0.4, -0.2) is 34.9 Å². The molecule has 4 aromatic rings. The molecule has 0 saturated heterocycles. The van der Waals surface area contributed by atoms with E-state index in [9.17, 15) is 9.59 Å². The third kappa shape index (κ3) is 4.24. The van der Waals surface area contributed by atoms with Crippen molar-refractivity contribution in [1.82, 2.24) is 9.55 Å². The topological polar surface area (TPSA) is 64.4 Å². The van der Waals surface area contributed by atoms with Gasteiger partial charge in [0.1, 0.15) is 5.75 Å². The van der Waals surface area contributed by atoms with Crippen molar-refractivity contribution in [2.24, 2.45) is 0 Å². The van der Waals surface area contributed by atoms with Crippen LogP contribution in [0.3, 0.4) is 0 Å². The minimum absolute atomic E-state index is 0.0788. The fourth-order valence-electron chi connectivity index (χ4n) is 3.41. The summed E-state index contributed by atoms with van der Waals surface area (Å²) in [5, 5.41) is 0.520. The highest BCUT2D eigenvalue weighted by atomic mass is 32.2. The normalized spacial score (nSPS) is 11.8. The number of benzene rings is 3. The lowest BCUT2D eigenvalue weighted by atomic mass is 10.2. The summed E-state index contributed by atoms with van der Waals surface area (Å²) in [5.74, 6) is 0.614. The van der Waals surface area contributed by atoms with Gasteiger partial charge in [0.2, 0.25) is 5.91 Å². The number of hydrogen-bond acceptors (Lipinski definition) is 5. The molecule has 7 heteroatoms. The van der Waals surface area contributed by atoms with Crippen LogP contribution in [0.15, 0.2) is 88.8 Å². The Morgan fingerprint density at radius 2 is 1.66 bits per heavy atom. The van der Waals surface area contributed by atoms with E-state index < -0.39 is 5.25 Å². The molecule has 32 heavy (non-hydrogen) atoms. The summed E-state index contributed by atoms with van der Waals surface area (Å²) < 4.78 is 6.80. The fraction of sp³-hybridized carbons (Fsp3) is 0.160. The summed E-state index contributed by atoms with van der Waals surface area (Å²) >= 11 is 1.26. The summed E-state index contributed by atoms with van der Waals surface area (Å²) in [6, 6.07) is 23.9. The van der Waals surface area contributed by atoms with E-state index in [1.54, 1.807) is 41.8 Å². The van der Waals surface area contributed by atoms with Crippen LogP contribution in [0.5, 0.6) is 5.75 Å². The summed E-state index contributed by atoms with van der Waals surface area (Å²) in [5.41, 5.74) is 1.89. The number of carbonyl (C=O) groups is 1. The lowest BCUT2D eigenvalue weighted by molar-refractivity contribution is -0.117. The number of anilines is 1. The van der Waals surface area contributed by atoms with Gasteiger partial charge in [0.05, 0.1) is 29.0 Å². The highest BCUT2D eigenvalue weighted by molar-refractivity contribution is 8.00. The molecule has 1 aromatic heterocycles. The standard InChI is InChI=1S/C25H23N3O3S/c1-17(23(29)27(2)18-9-5-4-6-10-18)32-25-26-22-12-8-7-11-21(22)24(30)28(25)19-13-15-20(31-3)16-14-19/h4-17H,1-3H3. The Morgan fingerprint density at radius 3 is 2.34 bits per heavy atom. The molecule has 0 N–H and O–H groups in total. The molecule has 0 saturated carbocycles. The summed E-state index contributed by atoms with van der Waals surface area (Å²) in [6.07, 6.45) is 0. The highest BCUT2D eigenvalue weighted by Crippen LogP contribution is 2.27. The molecule has 0 aliphatic heterocycles. The average Bonchev–Trinajstić information content (AvgIpc) is 2.84. The maximum absolute atomic E-state index is 13.4. The zero-order chi connectivity index (χ0) is 22.7. The SMILES string of the molecule is COc1ccc(-n2c(SC(C)C(=O)N(C)c3ccccc3)nc3ccccc3c2=O)cc1. The van der Waals surface area contributed by atoms with Gasteiger partial charge in [0.15, 0.2) is 5.16 Å². The zero-order valence-corrected chi connectivity index (χ0v) is 18.9. The Morgan fingerprint density at radius 1 is 1.00 bits per heavy atom. The van der Waals surface area contributed by atoms with Gasteiger partial charge in [-0.15, -0.1) is 0 Å². The first-order valence-corrected chi connectivity index (χ1v) is 11.0. The number of ether oxygens (including phenoxy) is 1. The van der Waals surface area contributed by atoms with Gasteiger partial charge in [-0.1, -0.05) is 42.1 Å². The van der Waals surface area contributed by atoms with Gasteiger partial charge in [0, 0.05) is 12.7 Å². The Bertz CT molecular complexity index is 1300. The van der Waals surface area contributed by atoms with Crippen LogP contribution < -0.4 is 15.2 Å². The van der Waals surface area contributed by atoms with Crippen LogP contribution in [0.25, 0.3) is 16.6 Å². The van der Waals surface area contributed by atoms with Crippen molar-refractivity contribution in [2.75, 3.05) is 19.1 Å². The molecule has 162 valence electrons. The lowest BCUT2D eigenvalue weighted by Gasteiger charge is -2.22. The number of para-hydroxylation sites is 2. The fourth-order valence-corrected chi connectivity index (χ4v) is 4.43. The Labute approximate surface area is 190 Å². The third-order valence-electron chi connectivity index (χ3n) is 5.18. The van der Waals surface area contributed by atoms with E-state index in [1.165, 1.54) is 11.8 Å². The second kappa shape index (κ2) is 9.28. The molecule has 3 aromatic carbocycles. The van der Waals surface area contributed by atoms with Crippen molar-refractivity contribution in [3.05, 3.63) is 89.2 Å². The number of carbonyl (C=O) groups excluding carboxylic acids is 1. The number of rotatable bonds is 6. The van der Waals surface area contributed by atoms with Crippen molar-refractivity contribution < 1.29 is 9.53 Å². The van der Waals surface area contributed by atoms with Crippen molar-refractivity contribution in [2.45, 2.75) is 17.3 Å². The van der Waals surface area contributed by atoms with Gasteiger partial charge in [-0.2, -0.15) is 0 Å². The van der Waals surface area contributed by atoms with Gasteiger partial charge < -0.3 is 9.64 Å². The predicted octanol–water partition coefficient (Wildman–Crippen LogP) is 4.54. The van der Waals surface area contributed by atoms with E-state index in [-0.39, 0.29) is 11.5 Å². The minimum atomic E-state index is -0.460.